The summed E-state index contributed by atoms with van der Waals surface area (Å²) >= 11 is 0. The van der Waals surface area contributed by atoms with Gasteiger partial charge in [0.15, 0.2) is 0 Å². The van der Waals surface area contributed by atoms with Gasteiger partial charge in [0.1, 0.15) is 0 Å². The predicted molar refractivity (Wildman–Crippen MR) is 73.2 cm³/mol. The second-order valence-electron chi connectivity index (χ2n) is 4.83. The fraction of sp³-hybridized carbons (Fsp3) is 0.385. The first kappa shape index (κ1) is 18.4. The largest absolute Gasteiger partial charge is 0.511 e. The van der Waals surface area contributed by atoms with Crippen molar-refractivity contribution in [3.05, 3.63) is 34.4 Å². The summed E-state index contributed by atoms with van der Waals surface area (Å²) in [4.78, 5) is 30.3. The number of nitro benzene ring substituents is 1. The molecule has 1 rings (SSSR count). The van der Waals surface area contributed by atoms with Crippen LogP contribution in [0.2, 0.25) is 0 Å². The molecule has 1 aromatic rings. The Hall–Kier alpha value is -2.64. The number of benzene rings is 1. The van der Waals surface area contributed by atoms with Gasteiger partial charge in [0.25, 0.3) is 0 Å². The van der Waals surface area contributed by atoms with Crippen molar-refractivity contribution in [2.45, 2.75) is 20.8 Å². The molecule has 0 atom stereocenters. The summed E-state index contributed by atoms with van der Waals surface area (Å²) in [6.07, 6.45) is -1.57. The number of hydrogen-bond donors (Lipinski definition) is 1. The second kappa shape index (κ2) is 7.83. The van der Waals surface area contributed by atoms with Crippen LogP contribution in [0.3, 0.4) is 0 Å². The number of esters is 1. The van der Waals surface area contributed by atoms with Gasteiger partial charge in [-0.25, -0.2) is 4.79 Å². The van der Waals surface area contributed by atoms with Gasteiger partial charge in [-0.3, -0.25) is 14.9 Å². The number of carbonyl (C=O) groups excluding carboxylic acids is 1. The summed E-state index contributed by atoms with van der Waals surface area (Å²) in [5.74, 6) is -0.447. The Morgan fingerprint density at radius 3 is 2.10 bits per heavy atom. The van der Waals surface area contributed by atoms with Gasteiger partial charge in [0, 0.05) is 6.07 Å². The average molecular weight is 299 g/mol. The lowest BCUT2D eigenvalue weighted by Gasteiger charge is -2.13. The molecule has 8 heteroatoms. The van der Waals surface area contributed by atoms with E-state index in [4.69, 9.17) is 5.11 Å². The average Bonchev–Trinajstić information content (AvgIpc) is 2.37. The van der Waals surface area contributed by atoms with Crippen LogP contribution in [0.5, 0.6) is 5.75 Å². The first-order chi connectivity index (χ1) is 9.59. The van der Waals surface area contributed by atoms with Gasteiger partial charge in [-0.05, 0) is 26.8 Å². The van der Waals surface area contributed by atoms with E-state index in [1.165, 1.54) is 25.3 Å². The Labute approximate surface area is 121 Å². The Morgan fingerprint density at radius 2 is 1.76 bits per heavy atom. The van der Waals surface area contributed by atoms with E-state index in [-0.39, 0.29) is 22.8 Å². The van der Waals surface area contributed by atoms with E-state index in [2.05, 4.69) is 9.47 Å². The summed E-state index contributed by atoms with van der Waals surface area (Å²) in [5.41, 5.74) is -0.723. The zero-order valence-corrected chi connectivity index (χ0v) is 12.2. The molecule has 1 N–H and O–H groups in total. The molecule has 0 aliphatic carbocycles. The predicted octanol–water partition coefficient (Wildman–Crippen LogP) is 2.86. The molecule has 21 heavy (non-hydrogen) atoms. The first-order valence-corrected chi connectivity index (χ1v) is 5.82. The number of methoxy groups -OCH3 is 1. The van der Waals surface area contributed by atoms with Crippen molar-refractivity contribution in [3.63, 3.8) is 0 Å². The van der Waals surface area contributed by atoms with Crippen LogP contribution < -0.4 is 4.74 Å². The van der Waals surface area contributed by atoms with Crippen molar-refractivity contribution in [2.24, 2.45) is 5.41 Å². The van der Waals surface area contributed by atoms with Crippen LogP contribution in [0.15, 0.2) is 24.3 Å². The highest BCUT2D eigenvalue weighted by Crippen LogP contribution is 2.25. The van der Waals surface area contributed by atoms with Crippen LogP contribution in [0.1, 0.15) is 20.8 Å². The molecule has 0 aromatic heterocycles. The van der Waals surface area contributed by atoms with E-state index in [0.29, 0.717) is 0 Å². The number of carboxylic acid groups (broad SMARTS) is 1. The van der Waals surface area contributed by atoms with Crippen molar-refractivity contribution in [3.8, 4) is 5.75 Å². The highest BCUT2D eigenvalue weighted by molar-refractivity contribution is 5.75. The topological polar surface area (TPSA) is 116 Å². The zero-order chi connectivity index (χ0) is 16.6. The van der Waals surface area contributed by atoms with E-state index < -0.39 is 11.1 Å². The third-order valence-electron chi connectivity index (χ3n) is 2.06. The highest BCUT2D eigenvalue weighted by atomic mass is 16.7. The van der Waals surface area contributed by atoms with Gasteiger partial charge in [-0.1, -0.05) is 12.1 Å². The number of ether oxygens (including phenoxy) is 2. The molecule has 0 amide bonds. The molecule has 0 heterocycles. The van der Waals surface area contributed by atoms with E-state index in [1.807, 2.05) is 20.8 Å². The van der Waals surface area contributed by atoms with Crippen molar-refractivity contribution < 1.29 is 29.1 Å². The van der Waals surface area contributed by atoms with Gasteiger partial charge in [0.05, 0.1) is 17.4 Å². The minimum Gasteiger partial charge on any atom is -0.469 e. The van der Waals surface area contributed by atoms with Crippen LogP contribution in [0.25, 0.3) is 0 Å². The monoisotopic (exact) mass is 299 g/mol. The molecule has 1 aromatic carbocycles. The second-order valence-corrected chi connectivity index (χ2v) is 4.83. The van der Waals surface area contributed by atoms with Gasteiger partial charge in [0.2, 0.25) is 5.75 Å². The first-order valence-electron chi connectivity index (χ1n) is 5.82. The molecule has 0 aliphatic heterocycles. The number of nitrogens with zero attached hydrogens (tertiary/aromatic N) is 1. The molecule has 0 aliphatic rings. The summed E-state index contributed by atoms with van der Waals surface area (Å²) in [5, 5.41) is 18.6. The number of nitro groups is 1. The van der Waals surface area contributed by atoms with Crippen molar-refractivity contribution in [1.29, 1.82) is 0 Å². The van der Waals surface area contributed by atoms with Crippen LogP contribution >= 0.6 is 0 Å². The van der Waals surface area contributed by atoms with Crippen LogP contribution in [0.4, 0.5) is 10.5 Å². The fourth-order valence-electron chi connectivity index (χ4n) is 1.09. The summed E-state index contributed by atoms with van der Waals surface area (Å²) in [6, 6.07) is 5.25. The minimum absolute atomic E-state index is 0.169. The third kappa shape index (κ3) is 6.90. The van der Waals surface area contributed by atoms with Crippen molar-refractivity contribution in [2.75, 3.05) is 7.11 Å². The number of carbonyl (C=O) groups is 2. The van der Waals surface area contributed by atoms with Gasteiger partial charge in [-0.15, -0.1) is 0 Å². The molecule has 0 fully saturated rings. The molecule has 0 radical (unpaired) electrons. The smallest absolute Gasteiger partial charge is 0.469 e. The molecule has 8 nitrogen and oxygen atoms in total. The molecule has 0 spiro atoms. The maximum absolute atomic E-state index is 10.6. The van der Waals surface area contributed by atoms with Crippen molar-refractivity contribution in [1.82, 2.24) is 0 Å². The summed E-state index contributed by atoms with van der Waals surface area (Å²) < 4.78 is 8.66. The lowest BCUT2D eigenvalue weighted by Crippen LogP contribution is -2.21. The molecular weight excluding hydrogens is 282 g/mol. The molecule has 116 valence electrons. The van der Waals surface area contributed by atoms with E-state index in [0.717, 1.165) is 6.07 Å². The summed E-state index contributed by atoms with van der Waals surface area (Å²) in [7, 11) is 1.40. The lowest BCUT2D eigenvalue weighted by molar-refractivity contribution is -0.385. The molecule has 0 unspecified atom stereocenters. The SMILES string of the molecule is COC(=O)C(C)(C)C.O=C(O)Oc1ccccc1[N+](=O)[O-]. The summed E-state index contributed by atoms with van der Waals surface area (Å²) in [6.45, 7) is 5.45. The normalized spacial score (nSPS) is 9.90. The van der Waals surface area contributed by atoms with Crippen LogP contribution in [-0.4, -0.2) is 29.3 Å². The quantitative estimate of drug-likeness (QED) is 0.386. The Morgan fingerprint density at radius 1 is 1.24 bits per heavy atom. The number of hydrogen-bond acceptors (Lipinski definition) is 6. The van der Waals surface area contributed by atoms with Crippen LogP contribution in [-0.2, 0) is 9.53 Å². The molecule has 0 bridgehead atoms. The van der Waals surface area contributed by atoms with Gasteiger partial charge >= 0.3 is 17.8 Å². The molecular formula is C13H17NO7. The number of rotatable bonds is 2. The van der Waals surface area contributed by atoms with E-state index in [9.17, 15) is 19.7 Å². The minimum atomic E-state index is -1.57. The molecule has 0 saturated carbocycles. The van der Waals surface area contributed by atoms with Gasteiger partial charge in [-0.2, -0.15) is 0 Å². The maximum atomic E-state index is 10.6. The third-order valence-corrected chi connectivity index (χ3v) is 2.06. The van der Waals surface area contributed by atoms with E-state index >= 15 is 0 Å². The van der Waals surface area contributed by atoms with Gasteiger partial charge < -0.3 is 14.6 Å². The van der Waals surface area contributed by atoms with Crippen molar-refractivity contribution >= 4 is 17.8 Å². The van der Waals surface area contributed by atoms with Crippen LogP contribution in [0, 0.1) is 15.5 Å². The Balaban J connectivity index is 0.000000433. The highest BCUT2D eigenvalue weighted by Gasteiger charge is 2.21. The fourth-order valence-corrected chi connectivity index (χ4v) is 1.09. The molecule has 0 saturated heterocycles. The Kier molecular flexibility index (Phi) is 6.85. The zero-order valence-electron chi connectivity index (χ0n) is 12.2. The standard InChI is InChI=1S/C7H5NO5.C6H12O2/c9-7(10)13-6-4-2-1-3-5(6)8(11)12;1-6(2,3)5(7)8-4/h1-4H,(H,9,10);1-4H3. The van der Waals surface area contributed by atoms with E-state index in [1.54, 1.807) is 0 Å². The maximum Gasteiger partial charge on any atom is 0.511 e. The Bertz CT molecular complexity index is 519. The number of para-hydroxylation sites is 2. The lowest BCUT2D eigenvalue weighted by atomic mass is 9.98.